The number of rotatable bonds is 3. The molecule has 0 aliphatic carbocycles. The van der Waals surface area contributed by atoms with Crippen LogP contribution in [0.15, 0.2) is 28.8 Å². The van der Waals surface area contributed by atoms with Crippen molar-refractivity contribution in [1.29, 1.82) is 0 Å². The maximum absolute atomic E-state index is 6.09. The van der Waals surface area contributed by atoms with E-state index in [2.05, 4.69) is 10.5 Å². The molecule has 2 rings (SSSR count). The first-order valence-electron chi connectivity index (χ1n) is 5.07. The van der Waals surface area contributed by atoms with Crippen molar-refractivity contribution in [1.82, 2.24) is 5.16 Å². The van der Waals surface area contributed by atoms with Crippen molar-refractivity contribution in [3.8, 4) is 0 Å². The van der Waals surface area contributed by atoms with Crippen LogP contribution in [0.4, 0.5) is 5.69 Å². The van der Waals surface area contributed by atoms with Crippen molar-refractivity contribution >= 4 is 17.3 Å². The number of aromatic nitrogens is 1. The molecule has 0 aliphatic rings. The minimum absolute atomic E-state index is 0.611. The van der Waals surface area contributed by atoms with Gasteiger partial charge in [0.2, 0.25) is 0 Å². The Bertz CT molecular complexity index is 494. The molecule has 0 amide bonds. The van der Waals surface area contributed by atoms with Gasteiger partial charge in [-0.15, -0.1) is 0 Å². The van der Waals surface area contributed by atoms with E-state index >= 15 is 0 Å². The lowest BCUT2D eigenvalue weighted by atomic mass is 10.2. The van der Waals surface area contributed by atoms with Gasteiger partial charge in [-0.25, -0.2) is 0 Å². The van der Waals surface area contributed by atoms with E-state index in [1.165, 1.54) is 0 Å². The number of nitrogens with one attached hydrogen (secondary N) is 1. The fourth-order valence-electron chi connectivity index (χ4n) is 1.45. The number of halogens is 1. The summed E-state index contributed by atoms with van der Waals surface area (Å²) >= 11 is 6.09. The van der Waals surface area contributed by atoms with Gasteiger partial charge in [-0.3, -0.25) is 0 Å². The van der Waals surface area contributed by atoms with E-state index in [1.807, 2.05) is 38.1 Å². The van der Waals surface area contributed by atoms with Gasteiger partial charge in [-0.2, -0.15) is 0 Å². The second-order valence-electron chi connectivity index (χ2n) is 3.77. The molecular weight excluding hydrogens is 224 g/mol. The summed E-state index contributed by atoms with van der Waals surface area (Å²) in [4.78, 5) is 0. The molecule has 0 radical (unpaired) electrons. The molecule has 0 unspecified atom stereocenters. The third-order valence-corrected chi connectivity index (χ3v) is 2.57. The number of nitrogens with zero attached hydrogens (tertiary/aromatic N) is 1. The van der Waals surface area contributed by atoms with Crippen LogP contribution in [-0.2, 0) is 6.54 Å². The second kappa shape index (κ2) is 4.58. The van der Waals surface area contributed by atoms with E-state index in [0.29, 0.717) is 6.54 Å². The molecule has 0 saturated carbocycles. The molecule has 84 valence electrons. The molecule has 2 aromatic rings. The Kier molecular flexibility index (Phi) is 3.15. The molecule has 1 N–H and O–H groups in total. The predicted molar refractivity (Wildman–Crippen MR) is 64.8 cm³/mol. The standard InChI is InChI=1S/C12H13ClN2O/c1-8-3-4-12(11(13)5-8)14-7-10-6-9(2)16-15-10/h3-6,14H,7H2,1-2H3. The number of hydrogen-bond acceptors (Lipinski definition) is 3. The number of benzene rings is 1. The Labute approximate surface area is 99.4 Å². The molecule has 0 fully saturated rings. The van der Waals surface area contributed by atoms with E-state index in [9.17, 15) is 0 Å². The van der Waals surface area contributed by atoms with E-state index in [1.54, 1.807) is 0 Å². The zero-order chi connectivity index (χ0) is 11.5. The summed E-state index contributed by atoms with van der Waals surface area (Å²) in [6.45, 7) is 4.49. The summed E-state index contributed by atoms with van der Waals surface area (Å²) in [5.41, 5.74) is 2.93. The van der Waals surface area contributed by atoms with E-state index in [0.717, 1.165) is 27.7 Å². The first-order chi connectivity index (χ1) is 7.65. The summed E-state index contributed by atoms with van der Waals surface area (Å²) < 4.78 is 4.98. The number of hydrogen-bond donors (Lipinski definition) is 1. The molecule has 0 atom stereocenters. The Morgan fingerprint density at radius 1 is 1.31 bits per heavy atom. The minimum atomic E-state index is 0.611. The van der Waals surface area contributed by atoms with Crippen LogP contribution < -0.4 is 5.32 Å². The average Bonchev–Trinajstić information content (AvgIpc) is 2.63. The molecule has 0 spiro atoms. The lowest BCUT2D eigenvalue weighted by Crippen LogP contribution is -2.00. The topological polar surface area (TPSA) is 38.1 Å². The van der Waals surface area contributed by atoms with E-state index < -0.39 is 0 Å². The highest BCUT2D eigenvalue weighted by Crippen LogP contribution is 2.23. The molecular formula is C12H13ClN2O. The van der Waals surface area contributed by atoms with E-state index in [-0.39, 0.29) is 0 Å². The van der Waals surface area contributed by atoms with Crippen LogP contribution in [0.2, 0.25) is 5.02 Å². The Morgan fingerprint density at radius 2 is 2.12 bits per heavy atom. The van der Waals surface area contributed by atoms with Crippen LogP contribution in [0.1, 0.15) is 17.0 Å². The van der Waals surface area contributed by atoms with Crippen LogP contribution in [0, 0.1) is 13.8 Å². The number of aryl methyl sites for hydroxylation is 2. The normalized spacial score (nSPS) is 10.4. The van der Waals surface area contributed by atoms with Crippen LogP contribution in [-0.4, -0.2) is 5.16 Å². The first kappa shape index (κ1) is 11.0. The third-order valence-electron chi connectivity index (χ3n) is 2.26. The molecule has 16 heavy (non-hydrogen) atoms. The summed E-state index contributed by atoms with van der Waals surface area (Å²) in [6, 6.07) is 7.81. The van der Waals surface area contributed by atoms with Gasteiger partial charge in [0.1, 0.15) is 11.5 Å². The van der Waals surface area contributed by atoms with Gasteiger partial charge in [0.15, 0.2) is 0 Å². The monoisotopic (exact) mass is 236 g/mol. The van der Waals surface area contributed by atoms with Gasteiger partial charge in [0, 0.05) is 6.07 Å². The van der Waals surface area contributed by atoms with Gasteiger partial charge < -0.3 is 9.84 Å². The Balaban J connectivity index is 2.04. The van der Waals surface area contributed by atoms with Gasteiger partial charge in [0.05, 0.1) is 17.3 Å². The smallest absolute Gasteiger partial charge is 0.133 e. The van der Waals surface area contributed by atoms with Crippen molar-refractivity contribution in [3.05, 3.63) is 46.3 Å². The van der Waals surface area contributed by atoms with Crippen molar-refractivity contribution < 1.29 is 4.52 Å². The summed E-state index contributed by atoms with van der Waals surface area (Å²) in [5, 5.41) is 7.84. The quantitative estimate of drug-likeness (QED) is 0.886. The maximum atomic E-state index is 6.09. The third kappa shape index (κ3) is 2.55. The lowest BCUT2D eigenvalue weighted by molar-refractivity contribution is 0.391. The van der Waals surface area contributed by atoms with Gasteiger partial charge in [-0.05, 0) is 31.5 Å². The highest BCUT2D eigenvalue weighted by atomic mass is 35.5. The molecule has 1 heterocycles. The number of anilines is 1. The highest BCUT2D eigenvalue weighted by Gasteiger charge is 2.02. The largest absolute Gasteiger partial charge is 0.378 e. The van der Waals surface area contributed by atoms with Crippen molar-refractivity contribution in [2.45, 2.75) is 20.4 Å². The zero-order valence-corrected chi connectivity index (χ0v) is 10.0. The molecule has 0 bridgehead atoms. The van der Waals surface area contributed by atoms with Gasteiger partial charge in [-0.1, -0.05) is 22.8 Å². The predicted octanol–water partition coefficient (Wildman–Crippen LogP) is 3.56. The molecule has 0 saturated heterocycles. The van der Waals surface area contributed by atoms with Crippen molar-refractivity contribution in [2.75, 3.05) is 5.32 Å². The molecule has 1 aromatic carbocycles. The van der Waals surface area contributed by atoms with Crippen LogP contribution in [0.3, 0.4) is 0 Å². The average molecular weight is 237 g/mol. The molecule has 4 heteroatoms. The molecule has 1 aromatic heterocycles. The fraction of sp³-hybridized carbons (Fsp3) is 0.250. The second-order valence-corrected chi connectivity index (χ2v) is 4.17. The highest BCUT2D eigenvalue weighted by molar-refractivity contribution is 6.33. The summed E-state index contributed by atoms with van der Waals surface area (Å²) in [7, 11) is 0. The van der Waals surface area contributed by atoms with Crippen molar-refractivity contribution in [3.63, 3.8) is 0 Å². The van der Waals surface area contributed by atoms with Crippen LogP contribution >= 0.6 is 11.6 Å². The minimum Gasteiger partial charge on any atom is -0.378 e. The maximum Gasteiger partial charge on any atom is 0.133 e. The summed E-state index contributed by atoms with van der Waals surface area (Å²) in [6.07, 6.45) is 0. The molecule has 3 nitrogen and oxygen atoms in total. The molecule has 0 aliphatic heterocycles. The Hall–Kier alpha value is -1.48. The first-order valence-corrected chi connectivity index (χ1v) is 5.45. The van der Waals surface area contributed by atoms with Crippen LogP contribution in [0.5, 0.6) is 0 Å². The van der Waals surface area contributed by atoms with Crippen molar-refractivity contribution in [2.24, 2.45) is 0 Å². The van der Waals surface area contributed by atoms with E-state index in [4.69, 9.17) is 16.1 Å². The summed E-state index contributed by atoms with van der Waals surface area (Å²) in [5.74, 6) is 0.812. The Morgan fingerprint density at radius 3 is 2.75 bits per heavy atom. The fourth-order valence-corrected chi connectivity index (χ4v) is 1.75. The van der Waals surface area contributed by atoms with Gasteiger partial charge in [0.25, 0.3) is 0 Å². The SMILES string of the molecule is Cc1ccc(NCc2cc(C)on2)c(Cl)c1. The lowest BCUT2D eigenvalue weighted by Gasteiger charge is -2.06. The zero-order valence-electron chi connectivity index (χ0n) is 9.25. The van der Waals surface area contributed by atoms with Gasteiger partial charge >= 0.3 is 0 Å². The van der Waals surface area contributed by atoms with Crippen LogP contribution in [0.25, 0.3) is 0 Å².